The van der Waals surface area contributed by atoms with Gasteiger partial charge in [-0.05, 0) is 33.6 Å². The number of nitriles is 1. The van der Waals surface area contributed by atoms with Gasteiger partial charge in [-0.15, -0.1) is 0 Å². The highest BCUT2D eigenvalue weighted by Gasteiger charge is 2.06. The van der Waals surface area contributed by atoms with Crippen LogP contribution in [0, 0.1) is 11.3 Å². The summed E-state index contributed by atoms with van der Waals surface area (Å²) in [5, 5.41) is 15.0. The van der Waals surface area contributed by atoms with Gasteiger partial charge in [0.2, 0.25) is 0 Å². The van der Waals surface area contributed by atoms with E-state index in [2.05, 4.69) is 42.6 Å². The van der Waals surface area contributed by atoms with Crippen molar-refractivity contribution in [3.63, 3.8) is 0 Å². The second-order valence-electron chi connectivity index (χ2n) is 3.80. The molecule has 0 saturated heterocycles. The third kappa shape index (κ3) is 3.20. The number of aromatic nitrogens is 2. The van der Waals surface area contributed by atoms with Crippen molar-refractivity contribution in [2.75, 3.05) is 17.7 Å². The Hall–Kier alpha value is -2.13. The van der Waals surface area contributed by atoms with Gasteiger partial charge < -0.3 is 10.6 Å². The summed E-state index contributed by atoms with van der Waals surface area (Å²) in [4.78, 5) is 8.26. The van der Waals surface area contributed by atoms with Gasteiger partial charge in [0.25, 0.3) is 0 Å². The molecule has 5 nitrogen and oxygen atoms in total. The summed E-state index contributed by atoms with van der Waals surface area (Å²) in [6, 6.07) is 9.58. The lowest BCUT2D eigenvalue weighted by Crippen LogP contribution is -2.05. The van der Waals surface area contributed by atoms with E-state index < -0.39 is 0 Å². The SMILES string of the molecule is CNc1ncnc(NCc2cccc(C#N)c2)c1Br. The fourth-order valence-corrected chi connectivity index (χ4v) is 2.15. The van der Waals surface area contributed by atoms with Gasteiger partial charge in [-0.1, -0.05) is 12.1 Å². The Kier molecular flexibility index (Phi) is 4.31. The maximum Gasteiger partial charge on any atom is 0.146 e. The summed E-state index contributed by atoms with van der Waals surface area (Å²) in [6.07, 6.45) is 1.49. The van der Waals surface area contributed by atoms with Gasteiger partial charge in [0.15, 0.2) is 0 Å². The Balaban J connectivity index is 2.12. The summed E-state index contributed by atoms with van der Waals surface area (Å²) in [6.45, 7) is 0.592. The Labute approximate surface area is 119 Å². The van der Waals surface area contributed by atoms with E-state index in [1.54, 1.807) is 13.1 Å². The molecule has 0 atom stereocenters. The first kappa shape index (κ1) is 13.3. The molecule has 0 aliphatic rings. The molecule has 0 radical (unpaired) electrons. The van der Waals surface area contributed by atoms with Gasteiger partial charge in [-0.25, -0.2) is 9.97 Å². The predicted molar refractivity (Wildman–Crippen MR) is 77.8 cm³/mol. The van der Waals surface area contributed by atoms with Crippen molar-refractivity contribution in [1.29, 1.82) is 5.26 Å². The summed E-state index contributed by atoms with van der Waals surface area (Å²) in [5.41, 5.74) is 1.67. The van der Waals surface area contributed by atoms with E-state index in [1.165, 1.54) is 6.33 Å². The molecule has 6 heteroatoms. The largest absolute Gasteiger partial charge is 0.372 e. The van der Waals surface area contributed by atoms with Crippen LogP contribution in [0.5, 0.6) is 0 Å². The molecule has 0 aliphatic carbocycles. The monoisotopic (exact) mass is 317 g/mol. The summed E-state index contributed by atoms with van der Waals surface area (Å²) >= 11 is 3.44. The molecular weight excluding hydrogens is 306 g/mol. The van der Waals surface area contributed by atoms with E-state index in [4.69, 9.17) is 5.26 Å². The molecule has 1 heterocycles. The van der Waals surface area contributed by atoms with Gasteiger partial charge in [-0.2, -0.15) is 5.26 Å². The highest BCUT2D eigenvalue weighted by atomic mass is 79.9. The van der Waals surface area contributed by atoms with Crippen molar-refractivity contribution >= 4 is 27.6 Å². The fourth-order valence-electron chi connectivity index (χ4n) is 1.60. The van der Waals surface area contributed by atoms with Gasteiger partial charge >= 0.3 is 0 Å². The van der Waals surface area contributed by atoms with Crippen molar-refractivity contribution in [2.24, 2.45) is 0 Å². The third-order valence-electron chi connectivity index (χ3n) is 2.54. The van der Waals surface area contributed by atoms with E-state index in [-0.39, 0.29) is 0 Å². The quantitative estimate of drug-likeness (QED) is 0.907. The normalized spacial score (nSPS) is 9.74. The van der Waals surface area contributed by atoms with Crippen LogP contribution in [0.1, 0.15) is 11.1 Å². The summed E-state index contributed by atoms with van der Waals surface area (Å²) < 4.78 is 0.786. The first-order valence-corrected chi connectivity index (χ1v) is 6.45. The minimum atomic E-state index is 0.592. The van der Waals surface area contributed by atoms with Gasteiger partial charge in [0, 0.05) is 13.6 Å². The number of nitrogens with zero attached hydrogens (tertiary/aromatic N) is 3. The van der Waals surface area contributed by atoms with E-state index in [1.807, 2.05) is 18.2 Å². The molecule has 96 valence electrons. The highest BCUT2D eigenvalue weighted by Crippen LogP contribution is 2.26. The number of hydrogen-bond donors (Lipinski definition) is 2. The van der Waals surface area contributed by atoms with E-state index in [0.717, 1.165) is 15.9 Å². The Morgan fingerprint density at radius 2 is 2.11 bits per heavy atom. The Bertz CT molecular complexity index is 621. The Morgan fingerprint density at radius 1 is 1.32 bits per heavy atom. The molecule has 0 fully saturated rings. The molecule has 0 saturated carbocycles. The van der Waals surface area contributed by atoms with Crippen LogP contribution in [-0.2, 0) is 6.54 Å². The van der Waals surface area contributed by atoms with E-state index >= 15 is 0 Å². The molecule has 2 N–H and O–H groups in total. The predicted octanol–water partition coefficient (Wildman–Crippen LogP) is 2.76. The zero-order chi connectivity index (χ0) is 13.7. The molecule has 0 spiro atoms. The first-order valence-electron chi connectivity index (χ1n) is 5.65. The van der Waals surface area contributed by atoms with Crippen LogP contribution in [0.3, 0.4) is 0 Å². The van der Waals surface area contributed by atoms with Crippen LogP contribution in [0.25, 0.3) is 0 Å². The van der Waals surface area contributed by atoms with Crippen LogP contribution in [-0.4, -0.2) is 17.0 Å². The maximum absolute atomic E-state index is 8.85. The van der Waals surface area contributed by atoms with Gasteiger partial charge in [0.1, 0.15) is 22.4 Å². The molecular formula is C13H12BrN5. The van der Waals surface area contributed by atoms with Crippen molar-refractivity contribution in [1.82, 2.24) is 9.97 Å². The molecule has 1 aromatic heterocycles. The standard InChI is InChI=1S/C13H12BrN5/c1-16-12-11(14)13(19-8-18-12)17-7-10-4-2-3-9(5-10)6-15/h2-5,8H,7H2,1H3,(H2,16,17,18,19). The van der Waals surface area contributed by atoms with Crippen LogP contribution < -0.4 is 10.6 Å². The molecule has 0 aliphatic heterocycles. The number of benzene rings is 1. The molecule has 0 unspecified atom stereocenters. The van der Waals surface area contributed by atoms with Crippen LogP contribution in [0.4, 0.5) is 11.6 Å². The van der Waals surface area contributed by atoms with Crippen molar-refractivity contribution in [3.05, 3.63) is 46.2 Å². The molecule has 0 amide bonds. The fraction of sp³-hybridized carbons (Fsp3) is 0.154. The second kappa shape index (κ2) is 6.16. The lowest BCUT2D eigenvalue weighted by molar-refractivity contribution is 1.07. The van der Waals surface area contributed by atoms with Crippen LogP contribution >= 0.6 is 15.9 Å². The third-order valence-corrected chi connectivity index (χ3v) is 3.29. The van der Waals surface area contributed by atoms with E-state index in [9.17, 15) is 0 Å². The zero-order valence-electron chi connectivity index (χ0n) is 10.3. The number of hydrogen-bond acceptors (Lipinski definition) is 5. The van der Waals surface area contributed by atoms with Crippen LogP contribution in [0.2, 0.25) is 0 Å². The molecule has 0 bridgehead atoms. The lowest BCUT2D eigenvalue weighted by Gasteiger charge is -2.10. The van der Waals surface area contributed by atoms with Crippen molar-refractivity contribution < 1.29 is 0 Å². The number of anilines is 2. The van der Waals surface area contributed by atoms with Crippen molar-refractivity contribution in [2.45, 2.75) is 6.54 Å². The van der Waals surface area contributed by atoms with E-state index in [0.29, 0.717) is 17.9 Å². The molecule has 19 heavy (non-hydrogen) atoms. The summed E-state index contributed by atoms with van der Waals surface area (Å²) in [7, 11) is 1.80. The van der Waals surface area contributed by atoms with Crippen molar-refractivity contribution in [3.8, 4) is 6.07 Å². The lowest BCUT2D eigenvalue weighted by atomic mass is 10.1. The summed E-state index contributed by atoms with van der Waals surface area (Å²) in [5.74, 6) is 1.44. The number of rotatable bonds is 4. The minimum Gasteiger partial charge on any atom is -0.372 e. The Morgan fingerprint density at radius 3 is 2.84 bits per heavy atom. The maximum atomic E-state index is 8.85. The molecule has 1 aromatic carbocycles. The van der Waals surface area contributed by atoms with Gasteiger partial charge in [0.05, 0.1) is 11.6 Å². The number of halogens is 1. The number of nitrogens with one attached hydrogen (secondary N) is 2. The van der Waals surface area contributed by atoms with Gasteiger partial charge in [-0.3, -0.25) is 0 Å². The average Bonchev–Trinajstić information content (AvgIpc) is 2.46. The zero-order valence-corrected chi connectivity index (χ0v) is 11.9. The molecule has 2 rings (SSSR count). The van der Waals surface area contributed by atoms with Crippen LogP contribution in [0.15, 0.2) is 35.1 Å². The smallest absolute Gasteiger partial charge is 0.146 e. The first-order chi connectivity index (χ1) is 9.24. The average molecular weight is 318 g/mol. The molecule has 2 aromatic rings. The minimum absolute atomic E-state index is 0.592. The highest BCUT2D eigenvalue weighted by molar-refractivity contribution is 9.10. The second-order valence-corrected chi connectivity index (χ2v) is 4.59. The topological polar surface area (TPSA) is 73.6 Å².